The van der Waals surface area contributed by atoms with Gasteiger partial charge in [-0.2, -0.15) is 4.31 Å². The van der Waals surface area contributed by atoms with Crippen molar-refractivity contribution in [2.75, 3.05) is 7.05 Å². The fourth-order valence-electron chi connectivity index (χ4n) is 3.69. The van der Waals surface area contributed by atoms with E-state index in [0.717, 1.165) is 23.1 Å². The highest BCUT2D eigenvalue weighted by molar-refractivity contribution is 7.89. The maximum atomic E-state index is 12.8. The van der Waals surface area contributed by atoms with Gasteiger partial charge in [-0.15, -0.1) is 0 Å². The van der Waals surface area contributed by atoms with Crippen molar-refractivity contribution in [1.29, 1.82) is 0 Å². The van der Waals surface area contributed by atoms with E-state index >= 15 is 0 Å². The van der Waals surface area contributed by atoms with Gasteiger partial charge in [0.05, 0.1) is 10.8 Å². The quantitative estimate of drug-likeness (QED) is 0.438. The Balaban J connectivity index is 1.59. The number of benzene rings is 3. The van der Waals surface area contributed by atoms with Gasteiger partial charge in [0.15, 0.2) is 0 Å². The molecule has 0 aliphatic rings. The third-order valence-corrected chi connectivity index (χ3v) is 7.56. The van der Waals surface area contributed by atoms with E-state index < -0.39 is 15.9 Å². The van der Waals surface area contributed by atoms with Gasteiger partial charge >= 0.3 is 0 Å². The van der Waals surface area contributed by atoms with Crippen molar-refractivity contribution >= 4 is 21.8 Å². The summed E-state index contributed by atoms with van der Waals surface area (Å²) in [6, 6.07) is 22.8. The Hall–Kier alpha value is -3.49. The molecule has 3 rings (SSSR count). The predicted molar refractivity (Wildman–Crippen MR) is 136 cm³/mol. The van der Waals surface area contributed by atoms with E-state index in [1.165, 1.54) is 11.4 Å². The highest BCUT2D eigenvalue weighted by Crippen LogP contribution is 2.21. The van der Waals surface area contributed by atoms with Crippen LogP contribution < -0.4 is 10.9 Å². The highest BCUT2D eigenvalue weighted by atomic mass is 32.2. The molecule has 0 fully saturated rings. The first kappa shape index (κ1) is 26.1. The molecule has 2 N–H and O–H groups in total. The zero-order valence-electron chi connectivity index (χ0n) is 20.2. The number of carbonyl (C=O) groups excluding carboxylic acids is 2. The van der Waals surface area contributed by atoms with Crippen LogP contribution in [0.15, 0.2) is 83.8 Å². The molecular weight excluding hydrogens is 462 g/mol. The second-order valence-electron chi connectivity index (χ2n) is 8.47. The number of hydrogen-bond acceptors (Lipinski definition) is 4. The minimum atomic E-state index is -3.63. The van der Waals surface area contributed by atoms with Crippen LogP contribution in [0.5, 0.6) is 0 Å². The molecule has 0 aliphatic carbocycles. The molecule has 0 heterocycles. The van der Waals surface area contributed by atoms with Crippen molar-refractivity contribution in [2.24, 2.45) is 0 Å². The maximum Gasteiger partial charge on any atom is 0.269 e. The van der Waals surface area contributed by atoms with Gasteiger partial charge in [0.25, 0.3) is 5.91 Å². The molecule has 0 bridgehead atoms. The van der Waals surface area contributed by atoms with Gasteiger partial charge in [-0.1, -0.05) is 73.5 Å². The van der Waals surface area contributed by atoms with Gasteiger partial charge in [-0.3, -0.25) is 20.4 Å². The molecule has 8 heteroatoms. The van der Waals surface area contributed by atoms with Crippen molar-refractivity contribution in [3.05, 3.63) is 101 Å². The average Bonchev–Trinajstić information content (AvgIpc) is 2.86. The van der Waals surface area contributed by atoms with E-state index in [9.17, 15) is 18.0 Å². The van der Waals surface area contributed by atoms with Gasteiger partial charge < -0.3 is 0 Å². The summed E-state index contributed by atoms with van der Waals surface area (Å²) in [6.45, 7) is 4.06. The molecule has 0 aliphatic heterocycles. The van der Waals surface area contributed by atoms with Crippen LogP contribution in [0.2, 0.25) is 0 Å². The SMILES string of the molecule is CCC[C@H](C(=O)NNC(=O)c1ccc(CN(C)S(=O)(=O)c2ccc(C)cc2)cc1)c1ccccc1. The molecule has 3 aromatic carbocycles. The fraction of sp³-hybridized carbons (Fsp3) is 0.259. The van der Waals surface area contributed by atoms with Gasteiger partial charge in [0.2, 0.25) is 15.9 Å². The second-order valence-corrected chi connectivity index (χ2v) is 10.5. The molecule has 0 spiro atoms. The van der Waals surface area contributed by atoms with Crippen molar-refractivity contribution in [1.82, 2.24) is 15.2 Å². The monoisotopic (exact) mass is 493 g/mol. The molecule has 0 unspecified atom stereocenters. The van der Waals surface area contributed by atoms with Crippen LogP contribution in [0.3, 0.4) is 0 Å². The summed E-state index contributed by atoms with van der Waals surface area (Å²) >= 11 is 0. The molecule has 0 saturated carbocycles. The lowest BCUT2D eigenvalue weighted by molar-refractivity contribution is -0.123. The molecule has 7 nitrogen and oxygen atoms in total. The Labute approximate surface area is 207 Å². The van der Waals surface area contributed by atoms with Crippen molar-refractivity contribution < 1.29 is 18.0 Å². The topological polar surface area (TPSA) is 95.6 Å². The van der Waals surface area contributed by atoms with Gasteiger partial charge in [0, 0.05) is 19.2 Å². The van der Waals surface area contributed by atoms with Crippen LogP contribution in [-0.2, 0) is 21.4 Å². The van der Waals surface area contributed by atoms with Crippen LogP contribution in [0.1, 0.15) is 52.7 Å². The summed E-state index contributed by atoms with van der Waals surface area (Å²) < 4.78 is 26.9. The summed E-state index contributed by atoms with van der Waals surface area (Å²) in [4.78, 5) is 25.5. The minimum Gasteiger partial charge on any atom is -0.273 e. The zero-order valence-corrected chi connectivity index (χ0v) is 21.0. The third kappa shape index (κ3) is 6.77. The van der Waals surface area contributed by atoms with Crippen molar-refractivity contribution in [3.63, 3.8) is 0 Å². The molecular formula is C27H31N3O4S. The number of hydrazine groups is 1. The van der Waals surface area contributed by atoms with E-state index in [1.807, 2.05) is 44.2 Å². The Bertz CT molecular complexity index is 1240. The molecule has 0 radical (unpaired) electrons. The van der Waals surface area contributed by atoms with Gasteiger partial charge in [-0.25, -0.2) is 8.42 Å². The zero-order chi connectivity index (χ0) is 25.4. The van der Waals surface area contributed by atoms with Crippen LogP contribution in [0.4, 0.5) is 0 Å². The smallest absolute Gasteiger partial charge is 0.269 e. The largest absolute Gasteiger partial charge is 0.273 e. The van der Waals surface area contributed by atoms with E-state index in [2.05, 4.69) is 10.9 Å². The number of amides is 2. The first-order valence-corrected chi connectivity index (χ1v) is 12.9. The van der Waals surface area contributed by atoms with Crippen LogP contribution in [0, 0.1) is 6.92 Å². The summed E-state index contributed by atoms with van der Waals surface area (Å²) in [5.74, 6) is -1.07. The van der Waals surface area contributed by atoms with E-state index in [1.54, 1.807) is 48.5 Å². The summed E-state index contributed by atoms with van der Waals surface area (Å²) in [5.41, 5.74) is 7.97. The lowest BCUT2D eigenvalue weighted by Gasteiger charge is -2.18. The summed E-state index contributed by atoms with van der Waals surface area (Å²) in [7, 11) is -2.11. The second kappa shape index (κ2) is 11.8. The first-order chi connectivity index (χ1) is 16.7. The van der Waals surface area contributed by atoms with Gasteiger partial charge in [-0.05, 0) is 48.7 Å². The third-order valence-electron chi connectivity index (χ3n) is 5.75. The Kier molecular flexibility index (Phi) is 8.78. The normalized spacial score (nSPS) is 12.2. The number of rotatable bonds is 9. The van der Waals surface area contributed by atoms with Crippen molar-refractivity contribution in [2.45, 2.75) is 44.0 Å². The van der Waals surface area contributed by atoms with E-state index in [-0.39, 0.29) is 23.3 Å². The maximum absolute atomic E-state index is 12.8. The number of hydrogen-bond donors (Lipinski definition) is 2. The summed E-state index contributed by atoms with van der Waals surface area (Å²) in [5, 5.41) is 0. The number of nitrogens with one attached hydrogen (secondary N) is 2. The van der Waals surface area contributed by atoms with Crippen LogP contribution in [-0.4, -0.2) is 31.6 Å². The van der Waals surface area contributed by atoms with Crippen LogP contribution >= 0.6 is 0 Å². The number of sulfonamides is 1. The van der Waals surface area contributed by atoms with Gasteiger partial charge in [0.1, 0.15) is 0 Å². The lowest BCUT2D eigenvalue weighted by Crippen LogP contribution is -2.44. The fourth-order valence-corrected chi connectivity index (χ4v) is 4.85. The van der Waals surface area contributed by atoms with E-state index in [0.29, 0.717) is 12.0 Å². The summed E-state index contributed by atoms with van der Waals surface area (Å²) in [6.07, 6.45) is 1.50. The van der Waals surface area contributed by atoms with Crippen LogP contribution in [0.25, 0.3) is 0 Å². The molecule has 0 aromatic heterocycles. The number of nitrogens with zero attached hydrogens (tertiary/aromatic N) is 1. The highest BCUT2D eigenvalue weighted by Gasteiger charge is 2.22. The Morgan fingerprint density at radius 3 is 2.11 bits per heavy atom. The lowest BCUT2D eigenvalue weighted by atomic mass is 9.94. The molecule has 3 aromatic rings. The molecule has 1 atom stereocenters. The molecule has 2 amide bonds. The Morgan fingerprint density at radius 2 is 1.51 bits per heavy atom. The predicted octanol–water partition coefficient (Wildman–Crippen LogP) is 4.16. The van der Waals surface area contributed by atoms with Crippen molar-refractivity contribution in [3.8, 4) is 0 Å². The first-order valence-electron chi connectivity index (χ1n) is 11.5. The minimum absolute atomic E-state index is 0.157. The average molecular weight is 494 g/mol. The molecule has 0 saturated heterocycles. The van der Waals surface area contributed by atoms with E-state index in [4.69, 9.17) is 0 Å². The Morgan fingerprint density at radius 1 is 0.886 bits per heavy atom. The number of carbonyl (C=O) groups is 2. The molecule has 35 heavy (non-hydrogen) atoms. The standard InChI is InChI=1S/C27H31N3O4S/c1-4-8-25(22-9-6-5-7-10-22)27(32)29-28-26(31)23-15-13-21(14-16-23)19-30(3)35(33,34)24-17-11-20(2)12-18-24/h5-7,9-18,25H,4,8,19H2,1-3H3,(H,28,31)(H,29,32)/t25-/m0/s1. The number of aryl methyl sites for hydroxylation is 1. The molecule has 184 valence electrons.